The van der Waals surface area contributed by atoms with E-state index in [0.29, 0.717) is 13.2 Å². The third-order valence-corrected chi connectivity index (χ3v) is 3.72. The molecule has 7 nitrogen and oxygen atoms in total. The molecule has 8 heteroatoms. The molecule has 0 spiro atoms. The lowest BCUT2D eigenvalue weighted by atomic mass is 10.1. The Balaban J connectivity index is 0.00000312. The van der Waals surface area contributed by atoms with Gasteiger partial charge >= 0.3 is 0 Å². The predicted octanol–water partition coefficient (Wildman–Crippen LogP) is 1.65. The van der Waals surface area contributed by atoms with E-state index in [9.17, 15) is 4.79 Å². The van der Waals surface area contributed by atoms with E-state index in [1.54, 1.807) is 37.0 Å². The molecule has 2 aromatic rings. The summed E-state index contributed by atoms with van der Waals surface area (Å²) in [6.07, 6.45) is 3.53. The number of nitrogens with zero attached hydrogens (tertiary/aromatic N) is 3. The molecule has 0 bridgehead atoms. The van der Waals surface area contributed by atoms with Crippen LogP contribution in [0.25, 0.3) is 0 Å². The quantitative estimate of drug-likeness (QED) is 0.767. The lowest BCUT2D eigenvalue weighted by Gasteiger charge is -2.23. The fraction of sp³-hybridized carbons (Fsp3) is 0.412. The van der Waals surface area contributed by atoms with Crippen LogP contribution in [0.2, 0.25) is 0 Å². The summed E-state index contributed by atoms with van der Waals surface area (Å²) in [6, 6.07) is 6.94. The number of hydrogen-bond acceptors (Lipinski definition) is 5. The van der Waals surface area contributed by atoms with E-state index in [1.165, 1.54) is 0 Å². The second-order valence-corrected chi connectivity index (χ2v) is 5.45. The minimum atomic E-state index is -0.412. The van der Waals surface area contributed by atoms with E-state index in [4.69, 9.17) is 9.47 Å². The fourth-order valence-corrected chi connectivity index (χ4v) is 2.32. The first kappa shape index (κ1) is 20.8. The summed E-state index contributed by atoms with van der Waals surface area (Å²) < 4.78 is 12.4. The van der Waals surface area contributed by atoms with Crippen LogP contribution in [-0.4, -0.2) is 54.9 Å². The highest BCUT2D eigenvalue weighted by Crippen LogP contribution is 2.17. The summed E-state index contributed by atoms with van der Waals surface area (Å²) in [5.41, 5.74) is 0.841. The number of nitrogens with one attached hydrogen (secondary N) is 1. The summed E-state index contributed by atoms with van der Waals surface area (Å²) in [5.74, 6) is 1.50. The van der Waals surface area contributed by atoms with Crippen molar-refractivity contribution in [1.29, 1.82) is 0 Å². The molecule has 1 aromatic heterocycles. The Morgan fingerprint density at radius 1 is 1.32 bits per heavy atom. The molecule has 138 valence electrons. The zero-order valence-electron chi connectivity index (χ0n) is 14.9. The highest BCUT2D eigenvalue weighted by Gasteiger charge is 2.23. The predicted molar refractivity (Wildman–Crippen MR) is 98.4 cm³/mol. The maximum Gasteiger partial charge on any atom is 0.244 e. The number of likely N-dealkylation sites (N-methyl/N-ethyl adjacent to an activating group) is 2. The number of carbonyl (C=O) groups excluding carboxylic acids is 1. The van der Waals surface area contributed by atoms with Crippen LogP contribution in [0.5, 0.6) is 11.5 Å². The summed E-state index contributed by atoms with van der Waals surface area (Å²) in [6.45, 7) is 0.904. The van der Waals surface area contributed by atoms with E-state index >= 15 is 0 Å². The molecule has 1 atom stereocenters. The lowest BCUT2D eigenvalue weighted by Crippen LogP contribution is -2.39. The van der Waals surface area contributed by atoms with Crippen LogP contribution in [0, 0.1) is 0 Å². The molecule has 0 saturated carbocycles. The van der Waals surface area contributed by atoms with Crippen molar-refractivity contribution in [1.82, 2.24) is 20.0 Å². The van der Waals surface area contributed by atoms with E-state index in [1.807, 2.05) is 37.5 Å². The van der Waals surface area contributed by atoms with Gasteiger partial charge in [-0.1, -0.05) is 0 Å². The molecule has 0 radical (unpaired) electrons. The smallest absolute Gasteiger partial charge is 0.244 e. The first-order chi connectivity index (χ1) is 11.5. The molecule has 0 aliphatic rings. The minimum Gasteiger partial charge on any atom is -0.497 e. The molecule has 25 heavy (non-hydrogen) atoms. The van der Waals surface area contributed by atoms with Gasteiger partial charge in [0.05, 0.1) is 19.9 Å². The molecule has 2 rings (SSSR count). The van der Waals surface area contributed by atoms with Crippen molar-refractivity contribution in [2.24, 2.45) is 7.05 Å². The van der Waals surface area contributed by atoms with Crippen LogP contribution in [0.15, 0.2) is 36.7 Å². The Labute approximate surface area is 154 Å². The zero-order valence-corrected chi connectivity index (χ0v) is 15.7. The largest absolute Gasteiger partial charge is 0.497 e. The number of rotatable bonds is 8. The van der Waals surface area contributed by atoms with E-state index in [2.05, 4.69) is 10.4 Å². The summed E-state index contributed by atoms with van der Waals surface area (Å²) in [7, 11) is 6.97. The number of benzene rings is 1. The maximum absolute atomic E-state index is 12.6. The first-order valence-corrected chi connectivity index (χ1v) is 7.72. The number of aromatic nitrogens is 2. The fourth-order valence-electron chi connectivity index (χ4n) is 2.32. The third kappa shape index (κ3) is 5.65. The highest BCUT2D eigenvalue weighted by molar-refractivity contribution is 5.85. The van der Waals surface area contributed by atoms with Gasteiger partial charge in [-0.25, -0.2) is 0 Å². The Morgan fingerprint density at radius 2 is 1.96 bits per heavy atom. The molecule has 0 fully saturated rings. The Kier molecular flexibility index (Phi) is 8.24. The molecule has 1 heterocycles. The van der Waals surface area contributed by atoms with E-state index in [0.717, 1.165) is 17.1 Å². The number of carbonyl (C=O) groups is 1. The van der Waals surface area contributed by atoms with Gasteiger partial charge in [-0.05, 0) is 31.3 Å². The number of halogens is 1. The van der Waals surface area contributed by atoms with Crippen LogP contribution in [-0.2, 0) is 11.8 Å². The molecular weight excluding hydrogens is 344 g/mol. The number of methoxy groups -OCH3 is 1. The van der Waals surface area contributed by atoms with Crippen LogP contribution < -0.4 is 14.8 Å². The van der Waals surface area contributed by atoms with Gasteiger partial charge in [0.2, 0.25) is 5.91 Å². The normalized spacial score (nSPS) is 11.4. The van der Waals surface area contributed by atoms with E-state index < -0.39 is 6.04 Å². The molecule has 1 unspecified atom stereocenters. The highest BCUT2D eigenvalue weighted by atomic mass is 35.5. The van der Waals surface area contributed by atoms with Crippen molar-refractivity contribution in [3.63, 3.8) is 0 Å². The Hall–Kier alpha value is -2.25. The summed E-state index contributed by atoms with van der Waals surface area (Å²) in [5, 5.41) is 7.15. The average Bonchev–Trinajstić information content (AvgIpc) is 3.02. The molecular formula is C17H25ClN4O3. The van der Waals surface area contributed by atoms with Gasteiger partial charge in [-0.15, -0.1) is 12.4 Å². The molecule has 1 aromatic carbocycles. The van der Waals surface area contributed by atoms with Crippen molar-refractivity contribution in [3.8, 4) is 11.5 Å². The van der Waals surface area contributed by atoms with Gasteiger partial charge in [-0.2, -0.15) is 5.10 Å². The second-order valence-electron chi connectivity index (χ2n) is 5.45. The second kappa shape index (κ2) is 9.90. The van der Waals surface area contributed by atoms with Gasteiger partial charge in [-0.3, -0.25) is 9.48 Å². The van der Waals surface area contributed by atoms with Crippen molar-refractivity contribution >= 4 is 18.3 Å². The molecule has 0 saturated heterocycles. The molecule has 0 aliphatic heterocycles. The third-order valence-electron chi connectivity index (χ3n) is 3.72. The average molecular weight is 369 g/mol. The number of hydrogen-bond donors (Lipinski definition) is 1. The Bertz CT molecular complexity index is 660. The van der Waals surface area contributed by atoms with Crippen LogP contribution >= 0.6 is 12.4 Å². The van der Waals surface area contributed by atoms with Gasteiger partial charge in [0.15, 0.2) is 0 Å². The van der Waals surface area contributed by atoms with Crippen LogP contribution in [0.1, 0.15) is 11.6 Å². The van der Waals surface area contributed by atoms with Crippen LogP contribution in [0.4, 0.5) is 0 Å². The summed E-state index contributed by atoms with van der Waals surface area (Å²) >= 11 is 0. The van der Waals surface area contributed by atoms with Crippen molar-refractivity contribution in [2.45, 2.75) is 6.04 Å². The molecule has 1 amide bonds. The SMILES string of the molecule is CNC(C(=O)N(C)CCOc1ccc(OC)cc1)c1cnn(C)c1.Cl. The number of amides is 1. The summed E-state index contributed by atoms with van der Waals surface area (Å²) in [4.78, 5) is 14.2. The van der Waals surface area contributed by atoms with Gasteiger partial charge in [0.1, 0.15) is 24.1 Å². The van der Waals surface area contributed by atoms with Gasteiger partial charge < -0.3 is 19.7 Å². The first-order valence-electron chi connectivity index (χ1n) is 7.72. The van der Waals surface area contributed by atoms with Crippen LogP contribution in [0.3, 0.4) is 0 Å². The molecule has 0 aliphatic carbocycles. The maximum atomic E-state index is 12.6. The zero-order chi connectivity index (χ0) is 17.5. The lowest BCUT2D eigenvalue weighted by molar-refractivity contribution is -0.132. The van der Waals surface area contributed by atoms with Gasteiger partial charge in [0, 0.05) is 25.9 Å². The topological polar surface area (TPSA) is 68.6 Å². The van der Waals surface area contributed by atoms with Crippen molar-refractivity contribution < 1.29 is 14.3 Å². The standard InChI is InChI=1S/C17H24N4O3.ClH/c1-18-16(13-11-19-21(3)12-13)17(22)20(2)9-10-24-15-7-5-14(23-4)6-8-15;/h5-8,11-12,16,18H,9-10H2,1-4H3;1H. The minimum absolute atomic E-state index is 0. The number of aryl methyl sites for hydroxylation is 1. The number of ether oxygens (including phenoxy) is 2. The van der Waals surface area contributed by atoms with E-state index in [-0.39, 0.29) is 18.3 Å². The monoisotopic (exact) mass is 368 g/mol. The van der Waals surface area contributed by atoms with Crippen molar-refractivity contribution in [2.75, 3.05) is 34.4 Å². The Morgan fingerprint density at radius 3 is 2.48 bits per heavy atom. The van der Waals surface area contributed by atoms with Gasteiger partial charge in [0.25, 0.3) is 0 Å². The van der Waals surface area contributed by atoms with Crippen molar-refractivity contribution in [3.05, 3.63) is 42.2 Å². The molecule has 1 N–H and O–H groups in total.